The zero-order valence-electron chi connectivity index (χ0n) is 16.8. The Hall–Kier alpha value is -2.41. The molecule has 1 aliphatic heterocycles. The molecule has 0 saturated heterocycles. The summed E-state index contributed by atoms with van der Waals surface area (Å²) < 4.78 is 16.4. The minimum Gasteiger partial charge on any atom is -0.491 e. The van der Waals surface area contributed by atoms with Gasteiger partial charge >= 0.3 is 12.0 Å². The summed E-state index contributed by atoms with van der Waals surface area (Å²) in [5, 5.41) is 5.86. The van der Waals surface area contributed by atoms with Crippen molar-refractivity contribution in [3.8, 4) is 11.5 Å². The van der Waals surface area contributed by atoms with E-state index in [0.29, 0.717) is 46.4 Å². The summed E-state index contributed by atoms with van der Waals surface area (Å²) in [6, 6.07) is 2.27. The van der Waals surface area contributed by atoms with Crippen molar-refractivity contribution in [3.05, 3.63) is 34.0 Å². The molecule has 0 saturated carbocycles. The first kappa shape index (κ1) is 21.9. The molecule has 1 atom stereocenters. The molecule has 154 valence electrons. The van der Waals surface area contributed by atoms with Gasteiger partial charge in [-0.2, -0.15) is 0 Å². The second-order valence-corrected chi connectivity index (χ2v) is 7.00. The number of hydrogen-bond acceptors (Lipinski definition) is 5. The number of nitrogens with one attached hydrogen (secondary N) is 2. The number of esters is 1. The number of methoxy groups -OCH3 is 1. The molecule has 1 aromatic carbocycles. The van der Waals surface area contributed by atoms with E-state index in [1.807, 2.05) is 13.8 Å². The molecule has 0 fully saturated rings. The Kier molecular flexibility index (Phi) is 7.57. The molecule has 2 amide bonds. The van der Waals surface area contributed by atoms with Crippen LogP contribution in [0.4, 0.5) is 4.79 Å². The first-order valence-electron chi connectivity index (χ1n) is 9.34. The lowest BCUT2D eigenvalue weighted by Gasteiger charge is -2.30. The molecule has 1 aliphatic rings. The van der Waals surface area contributed by atoms with E-state index in [2.05, 4.69) is 10.6 Å². The minimum atomic E-state index is -0.718. The number of carbonyl (C=O) groups is 2. The van der Waals surface area contributed by atoms with E-state index in [9.17, 15) is 9.59 Å². The van der Waals surface area contributed by atoms with Crippen molar-refractivity contribution in [2.75, 3.05) is 13.7 Å². The Bertz CT molecular complexity index is 776. The molecule has 2 rings (SSSR count). The Morgan fingerprint density at radius 2 is 2.00 bits per heavy atom. The van der Waals surface area contributed by atoms with Crippen LogP contribution >= 0.6 is 11.6 Å². The molecule has 7 nitrogen and oxygen atoms in total. The van der Waals surface area contributed by atoms with Crippen LogP contribution < -0.4 is 20.1 Å². The van der Waals surface area contributed by atoms with Crippen LogP contribution in [0.3, 0.4) is 0 Å². The SMILES string of the molecule is CCCC1=C(C(=O)OC(C)C)C(c2cc(Cl)c(OC)c(OCC)c2)NC(=O)N1. The molecular formula is C20H27ClN2O5. The van der Waals surface area contributed by atoms with Gasteiger partial charge in [0, 0.05) is 5.70 Å². The second-order valence-electron chi connectivity index (χ2n) is 6.59. The lowest BCUT2D eigenvalue weighted by Crippen LogP contribution is -2.46. The number of halogens is 1. The molecule has 1 unspecified atom stereocenters. The van der Waals surface area contributed by atoms with Crippen LogP contribution in [0.25, 0.3) is 0 Å². The van der Waals surface area contributed by atoms with Crippen LogP contribution in [0.15, 0.2) is 23.4 Å². The third kappa shape index (κ3) is 4.90. The van der Waals surface area contributed by atoms with E-state index in [1.165, 1.54) is 7.11 Å². The van der Waals surface area contributed by atoms with Gasteiger partial charge in [-0.3, -0.25) is 0 Å². The molecule has 0 radical (unpaired) electrons. The van der Waals surface area contributed by atoms with Crippen LogP contribution in [-0.2, 0) is 9.53 Å². The number of carbonyl (C=O) groups excluding carboxylic acids is 2. The van der Waals surface area contributed by atoms with Gasteiger partial charge < -0.3 is 24.8 Å². The van der Waals surface area contributed by atoms with Crippen LogP contribution in [0, 0.1) is 0 Å². The first-order valence-corrected chi connectivity index (χ1v) is 9.71. The summed E-state index contributed by atoms with van der Waals surface area (Å²) >= 11 is 6.37. The van der Waals surface area contributed by atoms with Crippen molar-refractivity contribution in [1.82, 2.24) is 10.6 Å². The molecule has 0 bridgehead atoms. The van der Waals surface area contributed by atoms with Crippen molar-refractivity contribution < 1.29 is 23.8 Å². The summed E-state index contributed by atoms with van der Waals surface area (Å²) in [4.78, 5) is 25.1. The predicted molar refractivity (Wildman–Crippen MR) is 107 cm³/mol. The fourth-order valence-corrected chi connectivity index (χ4v) is 3.35. The average molecular weight is 411 g/mol. The predicted octanol–water partition coefficient (Wildman–Crippen LogP) is 4.11. The molecule has 1 heterocycles. The largest absolute Gasteiger partial charge is 0.491 e. The molecule has 0 aromatic heterocycles. The van der Waals surface area contributed by atoms with E-state index < -0.39 is 12.0 Å². The fraction of sp³-hybridized carbons (Fsp3) is 0.500. The Balaban J connectivity index is 2.60. The fourth-order valence-electron chi connectivity index (χ4n) is 3.05. The van der Waals surface area contributed by atoms with Gasteiger partial charge in [0.25, 0.3) is 0 Å². The summed E-state index contributed by atoms with van der Waals surface area (Å²) in [7, 11) is 1.50. The smallest absolute Gasteiger partial charge is 0.338 e. The molecule has 28 heavy (non-hydrogen) atoms. The molecule has 8 heteroatoms. The summed E-state index contributed by atoms with van der Waals surface area (Å²) in [5.41, 5.74) is 1.51. The van der Waals surface area contributed by atoms with Gasteiger partial charge in [-0.15, -0.1) is 0 Å². The van der Waals surface area contributed by atoms with Crippen molar-refractivity contribution >= 4 is 23.6 Å². The topological polar surface area (TPSA) is 85.9 Å². The maximum atomic E-state index is 12.8. The molecule has 0 aliphatic carbocycles. The van der Waals surface area contributed by atoms with Gasteiger partial charge in [-0.05, 0) is 44.9 Å². The third-order valence-electron chi connectivity index (χ3n) is 4.09. The molecule has 1 aromatic rings. The highest BCUT2D eigenvalue weighted by atomic mass is 35.5. The lowest BCUT2D eigenvalue weighted by molar-refractivity contribution is -0.143. The van der Waals surface area contributed by atoms with Crippen LogP contribution in [0.2, 0.25) is 5.02 Å². The number of hydrogen-bond donors (Lipinski definition) is 2. The number of rotatable bonds is 8. The van der Waals surface area contributed by atoms with Crippen molar-refractivity contribution in [2.24, 2.45) is 0 Å². The van der Waals surface area contributed by atoms with E-state index in [1.54, 1.807) is 26.0 Å². The van der Waals surface area contributed by atoms with Gasteiger partial charge in [-0.25, -0.2) is 9.59 Å². The Morgan fingerprint density at radius 3 is 2.57 bits per heavy atom. The highest BCUT2D eigenvalue weighted by molar-refractivity contribution is 6.32. The molecule has 0 spiro atoms. The number of ether oxygens (including phenoxy) is 3. The van der Waals surface area contributed by atoms with E-state index in [-0.39, 0.29) is 12.1 Å². The number of amides is 2. The lowest BCUT2D eigenvalue weighted by atomic mass is 9.93. The van der Waals surface area contributed by atoms with E-state index in [0.717, 1.165) is 6.42 Å². The Labute approximate surface area is 170 Å². The minimum absolute atomic E-state index is 0.292. The van der Waals surface area contributed by atoms with Gasteiger partial charge in [0.2, 0.25) is 0 Å². The molecule has 2 N–H and O–H groups in total. The number of allylic oxidation sites excluding steroid dienone is 1. The first-order chi connectivity index (χ1) is 13.3. The van der Waals surface area contributed by atoms with E-state index >= 15 is 0 Å². The van der Waals surface area contributed by atoms with Crippen LogP contribution in [-0.4, -0.2) is 31.8 Å². The number of urea groups is 1. The number of benzene rings is 1. The maximum Gasteiger partial charge on any atom is 0.338 e. The highest BCUT2D eigenvalue weighted by Gasteiger charge is 2.34. The second kappa shape index (κ2) is 9.68. The summed E-state index contributed by atoms with van der Waals surface area (Å²) in [6.07, 6.45) is 1.00. The summed E-state index contributed by atoms with van der Waals surface area (Å²) in [5.74, 6) is 0.353. The van der Waals surface area contributed by atoms with Crippen molar-refractivity contribution in [3.63, 3.8) is 0 Å². The van der Waals surface area contributed by atoms with Crippen LogP contribution in [0.5, 0.6) is 11.5 Å². The molecular weight excluding hydrogens is 384 g/mol. The van der Waals surface area contributed by atoms with Gasteiger partial charge in [0.15, 0.2) is 11.5 Å². The van der Waals surface area contributed by atoms with Gasteiger partial charge in [0.05, 0.1) is 36.5 Å². The summed E-state index contributed by atoms with van der Waals surface area (Å²) in [6.45, 7) is 7.78. The zero-order valence-corrected chi connectivity index (χ0v) is 17.6. The van der Waals surface area contributed by atoms with E-state index in [4.69, 9.17) is 25.8 Å². The van der Waals surface area contributed by atoms with Gasteiger partial charge in [0.1, 0.15) is 0 Å². The average Bonchev–Trinajstić information content (AvgIpc) is 2.60. The standard InChI is InChI=1S/C20H27ClN2O5/c1-6-8-14-16(19(24)28-11(3)4)17(23-20(25)22-14)12-9-13(21)18(26-5)15(10-12)27-7-2/h9-11,17H,6-8H2,1-5H3,(H2,22,23,25). The third-order valence-corrected chi connectivity index (χ3v) is 4.37. The van der Waals surface area contributed by atoms with Crippen molar-refractivity contribution in [1.29, 1.82) is 0 Å². The zero-order chi connectivity index (χ0) is 20.8. The van der Waals surface area contributed by atoms with Crippen LogP contribution in [0.1, 0.15) is 52.1 Å². The van der Waals surface area contributed by atoms with Crippen molar-refractivity contribution in [2.45, 2.75) is 52.7 Å². The highest BCUT2D eigenvalue weighted by Crippen LogP contribution is 2.40. The normalized spacial score (nSPS) is 16.5. The van der Waals surface area contributed by atoms with Gasteiger partial charge in [-0.1, -0.05) is 24.9 Å². The quantitative estimate of drug-likeness (QED) is 0.630. The monoisotopic (exact) mass is 410 g/mol. The Morgan fingerprint density at radius 1 is 1.29 bits per heavy atom. The maximum absolute atomic E-state index is 12.8.